The van der Waals surface area contributed by atoms with Crippen LogP contribution in [0.4, 0.5) is 32.2 Å². The predicted octanol–water partition coefficient (Wildman–Crippen LogP) is 7.30. The number of fused-ring (bicyclic) bond motifs is 1. The fraction of sp³-hybridized carbons (Fsp3) is 0.593. The minimum Gasteiger partial charge on any atom is -0.356 e. The Morgan fingerprint density at radius 1 is 0.861 bits per heavy atom. The third-order valence-corrected chi connectivity index (χ3v) is 7.28. The van der Waals surface area contributed by atoms with Crippen LogP contribution in [-0.2, 0) is 38.3 Å². The summed E-state index contributed by atoms with van der Waals surface area (Å²) < 4.78 is 79.4. The van der Waals surface area contributed by atoms with Gasteiger partial charge in [0.25, 0.3) is 0 Å². The molecule has 1 aromatic carbocycles. The van der Waals surface area contributed by atoms with E-state index in [0.717, 1.165) is 68.0 Å². The fourth-order valence-electron chi connectivity index (χ4n) is 5.41. The van der Waals surface area contributed by atoms with Crippen molar-refractivity contribution in [2.45, 2.75) is 83.7 Å². The molecular formula is C27H33F6N3. The van der Waals surface area contributed by atoms with E-state index in [-0.39, 0.29) is 18.2 Å². The van der Waals surface area contributed by atoms with E-state index in [1.807, 2.05) is 0 Å². The zero-order chi connectivity index (χ0) is 25.9. The Labute approximate surface area is 208 Å². The van der Waals surface area contributed by atoms with E-state index in [4.69, 9.17) is 4.98 Å². The van der Waals surface area contributed by atoms with Crippen LogP contribution in [0.2, 0.25) is 0 Å². The van der Waals surface area contributed by atoms with Crippen molar-refractivity contribution in [2.24, 2.45) is 5.92 Å². The second-order valence-corrected chi connectivity index (χ2v) is 9.99. The van der Waals surface area contributed by atoms with Crippen molar-refractivity contribution in [3.05, 3.63) is 57.8 Å². The maximum absolute atomic E-state index is 13.2. The molecule has 36 heavy (non-hydrogen) atoms. The Morgan fingerprint density at radius 3 is 2.11 bits per heavy atom. The van der Waals surface area contributed by atoms with E-state index in [0.29, 0.717) is 12.5 Å². The number of halogens is 6. The summed E-state index contributed by atoms with van der Waals surface area (Å²) in [7, 11) is 0. The van der Waals surface area contributed by atoms with Gasteiger partial charge in [0.15, 0.2) is 0 Å². The van der Waals surface area contributed by atoms with Gasteiger partial charge in [-0.25, -0.2) is 4.98 Å². The van der Waals surface area contributed by atoms with Gasteiger partial charge in [0, 0.05) is 37.4 Å². The van der Waals surface area contributed by atoms with Gasteiger partial charge < -0.3 is 10.2 Å². The lowest BCUT2D eigenvalue weighted by molar-refractivity contribution is -0.143. The van der Waals surface area contributed by atoms with Gasteiger partial charge in [-0.1, -0.05) is 12.8 Å². The molecule has 0 radical (unpaired) electrons. The second kappa shape index (κ2) is 11.0. The van der Waals surface area contributed by atoms with Crippen LogP contribution in [0.15, 0.2) is 24.3 Å². The number of hydrogen-bond donors (Lipinski definition) is 1. The molecule has 1 fully saturated rings. The van der Waals surface area contributed by atoms with Gasteiger partial charge in [0.05, 0.1) is 11.1 Å². The van der Waals surface area contributed by atoms with Crippen molar-refractivity contribution in [3.8, 4) is 0 Å². The molecule has 0 unspecified atom stereocenters. The van der Waals surface area contributed by atoms with Crippen molar-refractivity contribution in [2.75, 3.05) is 18.0 Å². The SMILES string of the molecule is CCN(CC1CCCC1)c1nc2c(cc1CNCc1cc(C(F)(F)F)cc(C(F)(F)F)c1)CCCC2. The molecular weight excluding hydrogens is 480 g/mol. The molecule has 1 heterocycles. The number of alkyl halides is 6. The Hall–Kier alpha value is -2.29. The molecule has 0 amide bonds. The summed E-state index contributed by atoms with van der Waals surface area (Å²) in [5.41, 5.74) is 0.606. The number of benzene rings is 1. The molecule has 0 bridgehead atoms. The standard InChI is InChI=1S/C27H33F6N3/c1-2-36(17-18-7-3-4-8-18)25-21(13-20-9-5-6-10-24(20)35-25)16-34-15-19-11-22(26(28,29)30)14-23(12-19)27(31,32)33/h11-14,18,34H,2-10,15-17H2,1H3. The molecule has 1 saturated carbocycles. The van der Waals surface area contributed by atoms with Gasteiger partial charge >= 0.3 is 12.4 Å². The Bertz CT molecular complexity index is 1010. The molecule has 1 aromatic heterocycles. The third-order valence-electron chi connectivity index (χ3n) is 7.28. The summed E-state index contributed by atoms with van der Waals surface area (Å²) in [4.78, 5) is 7.32. The molecule has 4 rings (SSSR count). The average molecular weight is 514 g/mol. The molecule has 2 aliphatic carbocycles. The van der Waals surface area contributed by atoms with Crippen LogP contribution in [0.1, 0.15) is 79.0 Å². The highest BCUT2D eigenvalue weighted by molar-refractivity contribution is 5.51. The highest BCUT2D eigenvalue weighted by atomic mass is 19.4. The van der Waals surface area contributed by atoms with Crippen LogP contribution in [0.5, 0.6) is 0 Å². The number of nitrogens with one attached hydrogen (secondary N) is 1. The van der Waals surface area contributed by atoms with Crippen LogP contribution < -0.4 is 10.2 Å². The zero-order valence-corrected chi connectivity index (χ0v) is 20.5. The zero-order valence-electron chi connectivity index (χ0n) is 20.5. The normalized spacial score (nSPS) is 16.9. The molecule has 0 aliphatic heterocycles. The van der Waals surface area contributed by atoms with E-state index in [2.05, 4.69) is 23.2 Å². The van der Waals surface area contributed by atoms with E-state index in [1.54, 1.807) is 0 Å². The highest BCUT2D eigenvalue weighted by Gasteiger charge is 2.36. The van der Waals surface area contributed by atoms with Gasteiger partial charge in [-0.15, -0.1) is 0 Å². The maximum atomic E-state index is 13.2. The molecule has 3 nitrogen and oxygen atoms in total. The minimum atomic E-state index is -4.85. The largest absolute Gasteiger partial charge is 0.416 e. The first kappa shape index (κ1) is 26.8. The number of aromatic nitrogens is 1. The van der Waals surface area contributed by atoms with E-state index >= 15 is 0 Å². The number of aryl methyl sites for hydroxylation is 2. The average Bonchev–Trinajstić information content (AvgIpc) is 3.34. The first-order valence-electron chi connectivity index (χ1n) is 12.8. The third kappa shape index (κ3) is 6.52. The van der Waals surface area contributed by atoms with E-state index in [1.165, 1.54) is 31.2 Å². The van der Waals surface area contributed by atoms with Gasteiger partial charge in [0.1, 0.15) is 5.82 Å². The molecule has 0 atom stereocenters. The summed E-state index contributed by atoms with van der Waals surface area (Å²) in [6.45, 7) is 4.00. The van der Waals surface area contributed by atoms with Gasteiger partial charge in [-0.2, -0.15) is 26.3 Å². The second-order valence-electron chi connectivity index (χ2n) is 9.99. The molecule has 1 N–H and O–H groups in total. The van der Waals surface area contributed by atoms with Crippen molar-refractivity contribution >= 4 is 5.82 Å². The van der Waals surface area contributed by atoms with E-state index in [9.17, 15) is 26.3 Å². The van der Waals surface area contributed by atoms with Crippen LogP contribution in [0.25, 0.3) is 0 Å². The first-order valence-corrected chi connectivity index (χ1v) is 12.8. The Morgan fingerprint density at radius 2 is 1.50 bits per heavy atom. The van der Waals surface area contributed by atoms with Crippen LogP contribution in [0.3, 0.4) is 0 Å². The highest BCUT2D eigenvalue weighted by Crippen LogP contribution is 2.36. The molecule has 0 saturated heterocycles. The number of anilines is 1. The monoisotopic (exact) mass is 513 g/mol. The molecule has 198 valence electrons. The lowest BCUT2D eigenvalue weighted by Gasteiger charge is -2.29. The maximum Gasteiger partial charge on any atom is 0.416 e. The summed E-state index contributed by atoms with van der Waals surface area (Å²) in [5.74, 6) is 1.51. The van der Waals surface area contributed by atoms with Crippen molar-refractivity contribution in [3.63, 3.8) is 0 Å². The summed E-state index contributed by atoms with van der Waals surface area (Å²) >= 11 is 0. The molecule has 0 spiro atoms. The van der Waals surface area contributed by atoms with Crippen LogP contribution in [0, 0.1) is 5.92 Å². The summed E-state index contributed by atoms with van der Waals surface area (Å²) in [5, 5.41) is 3.09. The molecule has 2 aliphatic rings. The fourth-order valence-corrected chi connectivity index (χ4v) is 5.41. The smallest absolute Gasteiger partial charge is 0.356 e. The summed E-state index contributed by atoms with van der Waals surface area (Å²) in [6.07, 6.45) is -0.766. The Kier molecular flexibility index (Phi) is 8.17. The lowest BCUT2D eigenvalue weighted by atomic mass is 9.94. The van der Waals surface area contributed by atoms with Gasteiger partial charge in [-0.05, 0) is 86.8 Å². The molecule has 9 heteroatoms. The number of hydrogen-bond acceptors (Lipinski definition) is 3. The molecule has 2 aromatic rings. The first-order chi connectivity index (χ1) is 17.0. The number of pyridine rings is 1. The van der Waals surface area contributed by atoms with Gasteiger partial charge in [-0.3, -0.25) is 0 Å². The van der Waals surface area contributed by atoms with Crippen LogP contribution >= 0.6 is 0 Å². The topological polar surface area (TPSA) is 28.2 Å². The lowest BCUT2D eigenvalue weighted by Crippen LogP contribution is -2.31. The van der Waals surface area contributed by atoms with Crippen molar-refractivity contribution < 1.29 is 26.3 Å². The van der Waals surface area contributed by atoms with Crippen LogP contribution in [-0.4, -0.2) is 18.1 Å². The minimum absolute atomic E-state index is 0.0528. The summed E-state index contributed by atoms with van der Waals surface area (Å²) in [6, 6.07) is 3.87. The van der Waals surface area contributed by atoms with Crippen molar-refractivity contribution in [1.82, 2.24) is 10.3 Å². The Balaban J connectivity index is 1.56. The quantitative estimate of drug-likeness (QED) is 0.375. The number of nitrogens with zero attached hydrogens (tertiary/aromatic N) is 2. The predicted molar refractivity (Wildman–Crippen MR) is 128 cm³/mol. The number of rotatable bonds is 8. The van der Waals surface area contributed by atoms with Gasteiger partial charge in [0.2, 0.25) is 0 Å². The van der Waals surface area contributed by atoms with E-state index < -0.39 is 23.5 Å². The van der Waals surface area contributed by atoms with Crippen molar-refractivity contribution in [1.29, 1.82) is 0 Å².